The molecule has 1 heterocycles. The van der Waals surface area contributed by atoms with Crippen LogP contribution in [0.5, 0.6) is 0 Å². The normalized spacial score (nSPS) is 21.8. The summed E-state index contributed by atoms with van der Waals surface area (Å²) in [7, 11) is 0. The SMILES string of the molecule is CC1=C(C)NC2=CCCC=C2N1. The highest BCUT2D eigenvalue weighted by Gasteiger charge is 2.14. The molecule has 0 amide bonds. The Balaban J connectivity index is 2.33. The molecule has 0 spiro atoms. The molecule has 0 saturated heterocycles. The van der Waals surface area contributed by atoms with Crippen LogP contribution < -0.4 is 10.6 Å². The summed E-state index contributed by atoms with van der Waals surface area (Å²) in [5.74, 6) is 0. The van der Waals surface area contributed by atoms with Crippen LogP contribution in [0.25, 0.3) is 0 Å². The van der Waals surface area contributed by atoms with Gasteiger partial charge in [0.25, 0.3) is 0 Å². The second kappa shape index (κ2) is 2.70. The Labute approximate surface area is 73.0 Å². The summed E-state index contributed by atoms with van der Waals surface area (Å²) < 4.78 is 0. The summed E-state index contributed by atoms with van der Waals surface area (Å²) >= 11 is 0. The van der Waals surface area contributed by atoms with E-state index in [4.69, 9.17) is 0 Å². The summed E-state index contributed by atoms with van der Waals surface area (Å²) in [5, 5.41) is 6.76. The second-order valence-electron chi connectivity index (χ2n) is 3.31. The predicted molar refractivity (Wildman–Crippen MR) is 50.0 cm³/mol. The fourth-order valence-electron chi connectivity index (χ4n) is 1.50. The molecule has 2 heteroatoms. The summed E-state index contributed by atoms with van der Waals surface area (Å²) in [5.41, 5.74) is 4.93. The Morgan fingerprint density at radius 2 is 1.33 bits per heavy atom. The van der Waals surface area contributed by atoms with E-state index in [9.17, 15) is 0 Å². The number of fused-ring (bicyclic) bond motifs is 1. The van der Waals surface area contributed by atoms with Gasteiger partial charge in [0.1, 0.15) is 0 Å². The van der Waals surface area contributed by atoms with E-state index >= 15 is 0 Å². The molecule has 2 N–H and O–H groups in total. The van der Waals surface area contributed by atoms with Crippen LogP contribution in [0.15, 0.2) is 34.9 Å². The van der Waals surface area contributed by atoms with Gasteiger partial charge in [-0.3, -0.25) is 0 Å². The fraction of sp³-hybridized carbons (Fsp3) is 0.400. The topological polar surface area (TPSA) is 24.1 Å². The quantitative estimate of drug-likeness (QED) is 0.569. The molecule has 0 aromatic heterocycles. The molecule has 0 aromatic rings. The lowest BCUT2D eigenvalue weighted by Crippen LogP contribution is -2.30. The number of rotatable bonds is 0. The number of hydrogen-bond acceptors (Lipinski definition) is 2. The number of allylic oxidation sites excluding steroid dienone is 4. The van der Waals surface area contributed by atoms with E-state index in [0.717, 1.165) is 12.8 Å². The highest BCUT2D eigenvalue weighted by molar-refractivity contribution is 5.39. The van der Waals surface area contributed by atoms with Gasteiger partial charge in [-0.25, -0.2) is 0 Å². The van der Waals surface area contributed by atoms with Gasteiger partial charge in [0.15, 0.2) is 0 Å². The van der Waals surface area contributed by atoms with Crippen molar-refractivity contribution in [1.29, 1.82) is 0 Å². The lowest BCUT2D eigenvalue weighted by atomic mass is 10.1. The standard InChI is InChI=1S/C10H14N2/c1-7-8(2)12-10-6-4-3-5-9(10)11-7/h5-6,11-12H,3-4H2,1-2H3. The monoisotopic (exact) mass is 162 g/mol. The minimum atomic E-state index is 1.15. The number of nitrogens with one attached hydrogen (secondary N) is 2. The van der Waals surface area contributed by atoms with Crippen LogP contribution in [-0.2, 0) is 0 Å². The smallest absolute Gasteiger partial charge is 0.0577 e. The molecule has 0 fully saturated rings. The van der Waals surface area contributed by atoms with E-state index in [1.807, 2.05) is 0 Å². The highest BCUT2D eigenvalue weighted by atomic mass is 15.1. The summed E-state index contributed by atoms with van der Waals surface area (Å²) in [4.78, 5) is 0. The lowest BCUT2D eigenvalue weighted by molar-refractivity contribution is 0.768. The van der Waals surface area contributed by atoms with Crippen LogP contribution in [-0.4, -0.2) is 0 Å². The molecular formula is C10H14N2. The molecule has 2 rings (SSSR count). The van der Waals surface area contributed by atoms with Gasteiger partial charge in [0.05, 0.1) is 11.4 Å². The Morgan fingerprint density at radius 1 is 0.917 bits per heavy atom. The fourth-order valence-corrected chi connectivity index (χ4v) is 1.50. The highest BCUT2D eigenvalue weighted by Crippen LogP contribution is 2.20. The van der Waals surface area contributed by atoms with Gasteiger partial charge in [0, 0.05) is 11.4 Å². The minimum absolute atomic E-state index is 1.15. The molecular weight excluding hydrogens is 148 g/mol. The third kappa shape index (κ3) is 1.13. The molecule has 0 bridgehead atoms. The van der Waals surface area contributed by atoms with Gasteiger partial charge in [-0.2, -0.15) is 0 Å². The average Bonchev–Trinajstić information content (AvgIpc) is 2.07. The van der Waals surface area contributed by atoms with Gasteiger partial charge < -0.3 is 10.6 Å². The van der Waals surface area contributed by atoms with Crippen LogP contribution in [0.1, 0.15) is 26.7 Å². The molecule has 0 aromatic carbocycles. The van der Waals surface area contributed by atoms with Crippen molar-refractivity contribution in [3.63, 3.8) is 0 Å². The molecule has 1 aliphatic heterocycles. The van der Waals surface area contributed by atoms with Crippen LogP contribution >= 0.6 is 0 Å². The van der Waals surface area contributed by atoms with Crippen LogP contribution in [0.4, 0.5) is 0 Å². The summed E-state index contributed by atoms with van der Waals surface area (Å²) in [6.45, 7) is 4.18. The van der Waals surface area contributed by atoms with Crippen molar-refractivity contribution in [3.05, 3.63) is 34.9 Å². The van der Waals surface area contributed by atoms with Crippen molar-refractivity contribution in [2.45, 2.75) is 26.7 Å². The van der Waals surface area contributed by atoms with Crippen molar-refractivity contribution in [1.82, 2.24) is 10.6 Å². The zero-order valence-electron chi connectivity index (χ0n) is 7.57. The molecule has 0 unspecified atom stereocenters. The first-order valence-electron chi connectivity index (χ1n) is 4.39. The van der Waals surface area contributed by atoms with Crippen LogP contribution in [0.3, 0.4) is 0 Å². The van der Waals surface area contributed by atoms with Gasteiger partial charge in [-0.05, 0) is 26.7 Å². The molecule has 0 radical (unpaired) electrons. The molecule has 64 valence electrons. The van der Waals surface area contributed by atoms with Crippen LogP contribution in [0, 0.1) is 0 Å². The average molecular weight is 162 g/mol. The third-order valence-corrected chi connectivity index (χ3v) is 2.36. The summed E-state index contributed by atoms with van der Waals surface area (Å²) in [6, 6.07) is 0. The van der Waals surface area contributed by atoms with Gasteiger partial charge in [-0.1, -0.05) is 12.2 Å². The van der Waals surface area contributed by atoms with Crippen molar-refractivity contribution in [2.24, 2.45) is 0 Å². The van der Waals surface area contributed by atoms with Crippen molar-refractivity contribution < 1.29 is 0 Å². The van der Waals surface area contributed by atoms with Crippen molar-refractivity contribution in [3.8, 4) is 0 Å². The van der Waals surface area contributed by atoms with E-state index in [1.54, 1.807) is 0 Å². The van der Waals surface area contributed by atoms with E-state index in [-0.39, 0.29) is 0 Å². The van der Waals surface area contributed by atoms with Gasteiger partial charge in [-0.15, -0.1) is 0 Å². The zero-order valence-corrected chi connectivity index (χ0v) is 7.57. The molecule has 2 aliphatic rings. The Morgan fingerprint density at radius 3 is 1.75 bits per heavy atom. The molecule has 0 saturated carbocycles. The molecule has 0 atom stereocenters. The number of hydrogen-bond donors (Lipinski definition) is 2. The molecule has 1 aliphatic carbocycles. The van der Waals surface area contributed by atoms with Gasteiger partial charge >= 0.3 is 0 Å². The molecule has 2 nitrogen and oxygen atoms in total. The first-order valence-corrected chi connectivity index (χ1v) is 4.39. The first-order chi connectivity index (χ1) is 5.77. The Kier molecular flexibility index (Phi) is 1.68. The van der Waals surface area contributed by atoms with E-state index in [0.29, 0.717) is 0 Å². The van der Waals surface area contributed by atoms with Crippen molar-refractivity contribution >= 4 is 0 Å². The third-order valence-electron chi connectivity index (χ3n) is 2.36. The van der Waals surface area contributed by atoms with Crippen LogP contribution in [0.2, 0.25) is 0 Å². The maximum absolute atomic E-state index is 3.38. The zero-order chi connectivity index (χ0) is 8.55. The lowest BCUT2D eigenvalue weighted by Gasteiger charge is -2.26. The van der Waals surface area contributed by atoms with E-state index in [2.05, 4.69) is 36.6 Å². The largest absolute Gasteiger partial charge is 0.356 e. The minimum Gasteiger partial charge on any atom is -0.356 e. The maximum Gasteiger partial charge on any atom is 0.0577 e. The second-order valence-corrected chi connectivity index (χ2v) is 3.31. The van der Waals surface area contributed by atoms with E-state index < -0.39 is 0 Å². The first kappa shape index (κ1) is 7.47. The Bertz CT molecular complexity index is 265. The van der Waals surface area contributed by atoms with Gasteiger partial charge in [0.2, 0.25) is 0 Å². The summed E-state index contributed by atoms with van der Waals surface area (Å²) in [6.07, 6.45) is 6.80. The predicted octanol–water partition coefficient (Wildman–Crippen LogP) is 1.99. The maximum atomic E-state index is 3.38. The van der Waals surface area contributed by atoms with Crippen molar-refractivity contribution in [2.75, 3.05) is 0 Å². The Hall–Kier alpha value is -1.18. The molecule has 12 heavy (non-hydrogen) atoms. The van der Waals surface area contributed by atoms with E-state index in [1.165, 1.54) is 22.8 Å².